The molecule has 0 spiro atoms. The van der Waals surface area contributed by atoms with Crippen LogP contribution in [0.4, 0.5) is 0 Å². The molecule has 0 atom stereocenters. The third kappa shape index (κ3) is 3.98. The number of thiazole rings is 1. The summed E-state index contributed by atoms with van der Waals surface area (Å²) >= 11 is 1.52. The molecule has 4 heteroatoms. The van der Waals surface area contributed by atoms with E-state index in [9.17, 15) is 4.79 Å². The van der Waals surface area contributed by atoms with Gasteiger partial charge >= 0.3 is 0 Å². The second-order valence-electron chi connectivity index (χ2n) is 3.46. The maximum atomic E-state index is 11.4. The SMILES string of the molecule is Cc1csc(CC(=O)COC(C)C)n1. The van der Waals surface area contributed by atoms with Gasteiger partial charge in [0.05, 0.1) is 12.5 Å². The van der Waals surface area contributed by atoms with Crippen LogP contribution in [0, 0.1) is 6.92 Å². The van der Waals surface area contributed by atoms with Crippen molar-refractivity contribution in [3.63, 3.8) is 0 Å². The fraction of sp³-hybridized carbons (Fsp3) is 0.600. The summed E-state index contributed by atoms with van der Waals surface area (Å²) in [7, 11) is 0. The highest BCUT2D eigenvalue weighted by Gasteiger charge is 2.07. The summed E-state index contributed by atoms with van der Waals surface area (Å²) in [4.78, 5) is 15.6. The second kappa shape index (κ2) is 5.22. The van der Waals surface area contributed by atoms with Gasteiger partial charge in [-0.05, 0) is 20.8 Å². The summed E-state index contributed by atoms with van der Waals surface area (Å²) in [5, 5.41) is 2.83. The largest absolute Gasteiger partial charge is 0.371 e. The summed E-state index contributed by atoms with van der Waals surface area (Å²) < 4.78 is 5.21. The van der Waals surface area contributed by atoms with Crippen LogP contribution in [0.3, 0.4) is 0 Å². The monoisotopic (exact) mass is 213 g/mol. The summed E-state index contributed by atoms with van der Waals surface area (Å²) in [6.07, 6.45) is 0.502. The minimum atomic E-state index is 0.0908. The molecule has 0 fully saturated rings. The highest BCUT2D eigenvalue weighted by Crippen LogP contribution is 2.09. The molecule has 1 rings (SSSR count). The molecule has 0 saturated carbocycles. The minimum Gasteiger partial charge on any atom is -0.371 e. The van der Waals surface area contributed by atoms with Crippen molar-refractivity contribution >= 4 is 17.1 Å². The molecule has 78 valence electrons. The predicted molar refractivity (Wildman–Crippen MR) is 56.7 cm³/mol. The Bertz CT molecular complexity index is 307. The van der Waals surface area contributed by atoms with Crippen molar-refractivity contribution in [3.05, 3.63) is 16.1 Å². The average Bonchev–Trinajstić information content (AvgIpc) is 2.48. The molecule has 0 aliphatic rings. The van der Waals surface area contributed by atoms with E-state index in [0.29, 0.717) is 6.42 Å². The standard InChI is InChI=1S/C10H15NO2S/c1-7(2)13-5-9(12)4-10-11-8(3)6-14-10/h6-7H,4-5H2,1-3H3. The van der Waals surface area contributed by atoms with Crippen molar-refractivity contribution in [2.24, 2.45) is 0 Å². The maximum absolute atomic E-state index is 11.4. The number of carbonyl (C=O) groups excluding carboxylic acids is 1. The first kappa shape index (κ1) is 11.3. The number of rotatable bonds is 5. The Kier molecular flexibility index (Phi) is 4.22. The molecule has 3 nitrogen and oxygen atoms in total. The fourth-order valence-electron chi connectivity index (χ4n) is 0.963. The predicted octanol–water partition coefficient (Wildman–Crippen LogP) is 1.99. The molecule has 0 aliphatic carbocycles. The summed E-state index contributed by atoms with van der Waals surface area (Å²) in [6.45, 7) is 5.95. The van der Waals surface area contributed by atoms with Gasteiger partial charge in [-0.15, -0.1) is 11.3 Å². The molecule has 0 unspecified atom stereocenters. The summed E-state index contributed by atoms with van der Waals surface area (Å²) in [5.74, 6) is 0.0908. The number of ketones is 1. The van der Waals surface area contributed by atoms with Crippen LogP contribution in [0.1, 0.15) is 24.5 Å². The van der Waals surface area contributed by atoms with Gasteiger partial charge in [0, 0.05) is 11.1 Å². The van der Waals surface area contributed by atoms with Crippen molar-refractivity contribution in [1.82, 2.24) is 4.98 Å². The Morgan fingerprint density at radius 2 is 2.36 bits per heavy atom. The highest BCUT2D eigenvalue weighted by atomic mass is 32.1. The number of ether oxygens (including phenoxy) is 1. The van der Waals surface area contributed by atoms with Gasteiger partial charge in [0.25, 0.3) is 0 Å². The number of Topliss-reactive ketones (excluding diaryl/α,β-unsaturated/α-hetero) is 1. The first-order chi connectivity index (χ1) is 6.58. The van der Waals surface area contributed by atoms with Gasteiger partial charge in [-0.1, -0.05) is 0 Å². The fourth-order valence-corrected chi connectivity index (χ4v) is 1.76. The number of hydrogen-bond acceptors (Lipinski definition) is 4. The van der Waals surface area contributed by atoms with Gasteiger partial charge in [0.1, 0.15) is 11.6 Å². The molecule has 0 aromatic carbocycles. The van der Waals surface area contributed by atoms with Gasteiger partial charge in [0.2, 0.25) is 0 Å². The van der Waals surface area contributed by atoms with E-state index in [4.69, 9.17) is 4.74 Å². The van der Waals surface area contributed by atoms with E-state index in [1.165, 1.54) is 11.3 Å². The van der Waals surface area contributed by atoms with Crippen molar-refractivity contribution in [3.8, 4) is 0 Å². The van der Waals surface area contributed by atoms with Crippen LogP contribution >= 0.6 is 11.3 Å². The maximum Gasteiger partial charge on any atom is 0.165 e. The molecule has 1 aromatic heterocycles. The molecular weight excluding hydrogens is 198 g/mol. The molecule has 0 bridgehead atoms. The quantitative estimate of drug-likeness (QED) is 0.751. The molecule has 0 amide bonds. The number of carbonyl (C=O) groups is 1. The van der Waals surface area contributed by atoms with E-state index in [-0.39, 0.29) is 18.5 Å². The van der Waals surface area contributed by atoms with Crippen LogP contribution in [0.15, 0.2) is 5.38 Å². The van der Waals surface area contributed by atoms with Gasteiger partial charge in [-0.3, -0.25) is 4.79 Å². The van der Waals surface area contributed by atoms with Crippen LogP contribution in [0.2, 0.25) is 0 Å². The van der Waals surface area contributed by atoms with Crippen molar-refractivity contribution in [2.75, 3.05) is 6.61 Å². The summed E-state index contributed by atoms with van der Waals surface area (Å²) in [5.41, 5.74) is 0.975. The smallest absolute Gasteiger partial charge is 0.165 e. The lowest BCUT2D eigenvalue weighted by molar-refractivity contribution is -0.124. The topological polar surface area (TPSA) is 39.2 Å². The zero-order valence-corrected chi connectivity index (χ0v) is 9.56. The van der Waals surface area contributed by atoms with E-state index in [1.807, 2.05) is 26.2 Å². The molecule has 0 aliphatic heterocycles. The zero-order chi connectivity index (χ0) is 10.6. The highest BCUT2D eigenvalue weighted by molar-refractivity contribution is 7.09. The molecule has 0 N–H and O–H groups in total. The Morgan fingerprint density at radius 3 is 2.86 bits per heavy atom. The first-order valence-electron chi connectivity index (χ1n) is 4.62. The van der Waals surface area contributed by atoms with E-state index < -0.39 is 0 Å². The van der Waals surface area contributed by atoms with Crippen molar-refractivity contribution in [2.45, 2.75) is 33.3 Å². The zero-order valence-electron chi connectivity index (χ0n) is 8.74. The third-order valence-electron chi connectivity index (χ3n) is 1.59. The van der Waals surface area contributed by atoms with Crippen molar-refractivity contribution < 1.29 is 9.53 Å². The minimum absolute atomic E-state index is 0.0908. The third-order valence-corrected chi connectivity index (χ3v) is 2.56. The molecule has 14 heavy (non-hydrogen) atoms. The Labute approximate surface area is 88.1 Å². The molecular formula is C10H15NO2S. The number of aromatic nitrogens is 1. The van der Waals surface area contributed by atoms with Crippen molar-refractivity contribution in [1.29, 1.82) is 0 Å². The molecule has 1 aromatic rings. The normalized spacial score (nSPS) is 10.9. The lowest BCUT2D eigenvalue weighted by atomic mass is 10.3. The molecule has 0 saturated heterocycles. The van der Waals surface area contributed by atoms with Gasteiger partial charge in [0.15, 0.2) is 5.78 Å². The van der Waals surface area contributed by atoms with Crippen LogP contribution in [0.5, 0.6) is 0 Å². The van der Waals surface area contributed by atoms with Crippen LogP contribution in [0.25, 0.3) is 0 Å². The average molecular weight is 213 g/mol. The first-order valence-corrected chi connectivity index (χ1v) is 5.50. The summed E-state index contributed by atoms with van der Waals surface area (Å²) in [6, 6.07) is 0. The van der Waals surface area contributed by atoms with E-state index in [0.717, 1.165) is 10.7 Å². The Morgan fingerprint density at radius 1 is 1.64 bits per heavy atom. The number of hydrogen-bond donors (Lipinski definition) is 0. The lowest BCUT2D eigenvalue weighted by Gasteiger charge is -2.04. The Balaban J connectivity index is 2.34. The van der Waals surface area contributed by atoms with Crippen LogP contribution < -0.4 is 0 Å². The Hall–Kier alpha value is -0.740. The van der Waals surface area contributed by atoms with E-state index in [1.54, 1.807) is 0 Å². The van der Waals surface area contributed by atoms with Crippen LogP contribution in [-0.4, -0.2) is 23.5 Å². The van der Waals surface area contributed by atoms with Gasteiger partial charge in [-0.2, -0.15) is 0 Å². The van der Waals surface area contributed by atoms with Gasteiger partial charge < -0.3 is 4.74 Å². The van der Waals surface area contributed by atoms with Crippen LogP contribution in [-0.2, 0) is 16.0 Å². The second-order valence-corrected chi connectivity index (χ2v) is 4.40. The molecule has 1 heterocycles. The van der Waals surface area contributed by atoms with E-state index >= 15 is 0 Å². The molecule has 0 radical (unpaired) electrons. The lowest BCUT2D eigenvalue weighted by Crippen LogP contribution is -2.15. The number of aryl methyl sites for hydroxylation is 1. The van der Waals surface area contributed by atoms with E-state index in [2.05, 4.69) is 4.98 Å². The number of nitrogens with zero attached hydrogens (tertiary/aromatic N) is 1. The van der Waals surface area contributed by atoms with Gasteiger partial charge in [-0.25, -0.2) is 4.98 Å².